The standard InChI is InChI=1S/C24H19FN4O/c25-19-8-15-11-28-21(29-22(30)17-10-16(17)20-3-1-2-6-27-20)9-14(15)7-18(19)24(13-26)12-23(24)4-5-23/h1-3,6-9,11,16-17H,4-5,10,12H2,(H,28,29,30)/t16-,17-,24+/m1/s1. The lowest BCUT2D eigenvalue weighted by Crippen LogP contribution is -2.15. The number of fused-ring (bicyclic) bond motifs is 1. The van der Waals surface area contributed by atoms with Gasteiger partial charge in [-0.3, -0.25) is 9.78 Å². The van der Waals surface area contributed by atoms with Crippen LogP contribution in [0.15, 0.2) is 48.8 Å². The van der Waals surface area contributed by atoms with Gasteiger partial charge in [-0.05, 0) is 66.8 Å². The quantitative estimate of drug-likeness (QED) is 0.704. The van der Waals surface area contributed by atoms with E-state index in [2.05, 4.69) is 21.4 Å². The fraction of sp³-hybridized carbons (Fsp3) is 0.333. The summed E-state index contributed by atoms with van der Waals surface area (Å²) in [6.07, 6.45) is 6.81. The Hall–Kier alpha value is -3.33. The maximum Gasteiger partial charge on any atom is 0.229 e. The van der Waals surface area contributed by atoms with Gasteiger partial charge in [-0.1, -0.05) is 6.07 Å². The van der Waals surface area contributed by atoms with Gasteiger partial charge in [-0.25, -0.2) is 9.37 Å². The molecule has 0 saturated heterocycles. The van der Waals surface area contributed by atoms with Crippen molar-refractivity contribution in [3.63, 3.8) is 0 Å². The van der Waals surface area contributed by atoms with E-state index >= 15 is 0 Å². The molecule has 2 aromatic heterocycles. The Morgan fingerprint density at radius 3 is 2.77 bits per heavy atom. The van der Waals surface area contributed by atoms with Gasteiger partial charge in [0, 0.05) is 40.9 Å². The second-order valence-corrected chi connectivity index (χ2v) is 8.92. The van der Waals surface area contributed by atoms with Crippen molar-refractivity contribution in [1.82, 2.24) is 9.97 Å². The van der Waals surface area contributed by atoms with Crippen molar-refractivity contribution in [1.29, 1.82) is 5.26 Å². The molecule has 1 aromatic carbocycles. The van der Waals surface area contributed by atoms with Crippen molar-refractivity contribution in [2.45, 2.75) is 37.0 Å². The van der Waals surface area contributed by atoms with Crippen LogP contribution in [-0.4, -0.2) is 15.9 Å². The number of hydrogen-bond acceptors (Lipinski definition) is 4. The Labute approximate surface area is 173 Å². The number of halogens is 1. The van der Waals surface area contributed by atoms with Gasteiger partial charge in [0.2, 0.25) is 5.91 Å². The van der Waals surface area contributed by atoms with Crippen LogP contribution in [0.4, 0.5) is 10.2 Å². The number of benzene rings is 1. The van der Waals surface area contributed by atoms with Crippen LogP contribution >= 0.6 is 0 Å². The summed E-state index contributed by atoms with van der Waals surface area (Å²) in [5.74, 6) is 0.0615. The van der Waals surface area contributed by atoms with E-state index in [9.17, 15) is 14.4 Å². The van der Waals surface area contributed by atoms with Gasteiger partial charge in [-0.2, -0.15) is 5.26 Å². The molecule has 30 heavy (non-hydrogen) atoms. The molecule has 148 valence electrons. The number of carbonyl (C=O) groups excluding carboxylic acids is 1. The Morgan fingerprint density at radius 1 is 1.20 bits per heavy atom. The summed E-state index contributed by atoms with van der Waals surface area (Å²) in [6.45, 7) is 0. The molecule has 3 fully saturated rings. The summed E-state index contributed by atoms with van der Waals surface area (Å²) in [5.41, 5.74) is 0.717. The minimum Gasteiger partial charge on any atom is -0.310 e. The van der Waals surface area contributed by atoms with Crippen LogP contribution in [0.2, 0.25) is 0 Å². The molecule has 6 rings (SSSR count). The first kappa shape index (κ1) is 17.5. The number of anilines is 1. The first-order valence-corrected chi connectivity index (χ1v) is 10.3. The topological polar surface area (TPSA) is 78.7 Å². The van der Waals surface area contributed by atoms with Gasteiger partial charge in [0.25, 0.3) is 0 Å². The van der Waals surface area contributed by atoms with Gasteiger partial charge >= 0.3 is 0 Å². The zero-order valence-corrected chi connectivity index (χ0v) is 16.2. The van der Waals surface area contributed by atoms with Crippen LogP contribution < -0.4 is 5.32 Å². The predicted molar refractivity (Wildman–Crippen MR) is 109 cm³/mol. The van der Waals surface area contributed by atoms with Crippen molar-refractivity contribution in [3.05, 3.63) is 65.9 Å². The SMILES string of the molecule is N#C[C@]1(c2cc3cc(NC(=O)[C@@H]4C[C@H]4c4ccccn4)ncc3cc2F)CC12CC2. The van der Waals surface area contributed by atoms with E-state index in [1.165, 1.54) is 6.07 Å². The van der Waals surface area contributed by atoms with E-state index in [-0.39, 0.29) is 29.0 Å². The molecule has 1 amide bonds. The summed E-state index contributed by atoms with van der Waals surface area (Å²) in [4.78, 5) is 21.3. The minimum absolute atomic E-state index is 0.00714. The third-order valence-corrected chi connectivity index (χ3v) is 7.14. The predicted octanol–water partition coefficient (Wildman–Crippen LogP) is 4.46. The molecule has 0 aliphatic heterocycles. The summed E-state index contributed by atoms with van der Waals surface area (Å²) in [5, 5.41) is 14.1. The number of nitrogens with zero attached hydrogens (tertiary/aromatic N) is 3. The Bertz CT molecular complexity index is 1250. The highest BCUT2D eigenvalue weighted by atomic mass is 19.1. The highest BCUT2D eigenvalue weighted by Gasteiger charge is 2.76. The number of pyridine rings is 2. The molecule has 3 aromatic rings. The van der Waals surface area contributed by atoms with Gasteiger partial charge < -0.3 is 5.32 Å². The number of rotatable bonds is 4. The molecule has 1 N–H and O–H groups in total. The van der Waals surface area contributed by atoms with Gasteiger partial charge in [0.15, 0.2) is 0 Å². The van der Waals surface area contributed by atoms with E-state index in [0.717, 1.165) is 36.8 Å². The fourth-order valence-electron chi connectivity index (χ4n) is 5.00. The zero-order chi connectivity index (χ0) is 20.5. The minimum atomic E-state index is -0.693. The van der Waals surface area contributed by atoms with E-state index in [0.29, 0.717) is 16.8 Å². The van der Waals surface area contributed by atoms with Crippen LogP contribution in [0.1, 0.15) is 42.9 Å². The summed E-state index contributed by atoms with van der Waals surface area (Å²) in [7, 11) is 0. The van der Waals surface area contributed by atoms with Crippen molar-refractivity contribution in [2.24, 2.45) is 11.3 Å². The third-order valence-electron chi connectivity index (χ3n) is 7.14. The maximum absolute atomic E-state index is 14.8. The largest absolute Gasteiger partial charge is 0.310 e. The van der Waals surface area contributed by atoms with Crippen LogP contribution in [0.25, 0.3) is 10.8 Å². The zero-order valence-electron chi connectivity index (χ0n) is 16.2. The number of hydrogen-bond donors (Lipinski definition) is 1. The summed E-state index contributed by atoms with van der Waals surface area (Å²) < 4.78 is 14.8. The van der Waals surface area contributed by atoms with E-state index in [1.54, 1.807) is 24.5 Å². The van der Waals surface area contributed by atoms with Crippen LogP contribution in [0.3, 0.4) is 0 Å². The first-order valence-electron chi connectivity index (χ1n) is 10.3. The Kier molecular flexibility index (Phi) is 3.42. The van der Waals surface area contributed by atoms with E-state index < -0.39 is 5.41 Å². The van der Waals surface area contributed by atoms with Gasteiger partial charge in [0.1, 0.15) is 11.6 Å². The smallest absolute Gasteiger partial charge is 0.229 e. The maximum atomic E-state index is 14.8. The highest BCUT2D eigenvalue weighted by molar-refractivity contribution is 5.96. The highest BCUT2D eigenvalue weighted by Crippen LogP contribution is 2.78. The molecule has 3 aliphatic carbocycles. The number of amides is 1. The molecule has 0 bridgehead atoms. The Morgan fingerprint density at radius 2 is 2.07 bits per heavy atom. The lowest BCUT2D eigenvalue weighted by atomic mass is 9.91. The second-order valence-electron chi connectivity index (χ2n) is 8.92. The Balaban J connectivity index is 1.26. The second kappa shape index (κ2) is 5.85. The first-order chi connectivity index (χ1) is 14.6. The van der Waals surface area contributed by atoms with E-state index in [1.807, 2.05) is 18.2 Å². The molecule has 3 aliphatic rings. The molecule has 0 radical (unpaired) electrons. The monoisotopic (exact) mass is 398 g/mol. The molecule has 3 saturated carbocycles. The van der Waals surface area contributed by atoms with Crippen LogP contribution in [0, 0.1) is 28.5 Å². The number of nitriles is 1. The van der Waals surface area contributed by atoms with Crippen molar-refractivity contribution < 1.29 is 9.18 Å². The normalized spacial score (nSPS) is 27.5. The average molecular weight is 398 g/mol. The molecule has 0 unspecified atom stereocenters. The van der Waals surface area contributed by atoms with E-state index in [4.69, 9.17) is 0 Å². The van der Waals surface area contributed by atoms with Crippen LogP contribution in [0.5, 0.6) is 0 Å². The summed E-state index contributed by atoms with van der Waals surface area (Å²) >= 11 is 0. The lowest BCUT2D eigenvalue weighted by Gasteiger charge is -2.12. The molecule has 5 nitrogen and oxygen atoms in total. The number of aromatic nitrogens is 2. The summed E-state index contributed by atoms with van der Waals surface area (Å²) in [6, 6.07) is 13.1. The molecule has 3 atom stereocenters. The molecular weight excluding hydrogens is 379 g/mol. The molecule has 2 heterocycles. The average Bonchev–Trinajstić information content (AvgIpc) is 3.66. The van der Waals surface area contributed by atoms with Gasteiger partial charge in [0.05, 0.1) is 11.5 Å². The fourth-order valence-corrected chi connectivity index (χ4v) is 5.00. The van der Waals surface area contributed by atoms with Crippen molar-refractivity contribution >= 4 is 22.5 Å². The third kappa shape index (κ3) is 2.48. The molecule has 1 spiro atoms. The number of nitrogens with one attached hydrogen (secondary N) is 1. The molecule has 6 heteroatoms. The number of carbonyl (C=O) groups is 1. The molecular formula is C24H19FN4O. The lowest BCUT2D eigenvalue weighted by molar-refractivity contribution is -0.117. The van der Waals surface area contributed by atoms with Crippen molar-refractivity contribution in [3.8, 4) is 6.07 Å². The van der Waals surface area contributed by atoms with Gasteiger partial charge in [-0.15, -0.1) is 0 Å². The van der Waals surface area contributed by atoms with Crippen LogP contribution in [-0.2, 0) is 10.2 Å². The van der Waals surface area contributed by atoms with Crippen molar-refractivity contribution in [2.75, 3.05) is 5.32 Å².